The summed E-state index contributed by atoms with van der Waals surface area (Å²) in [6.45, 7) is 0.0970. The van der Waals surface area contributed by atoms with Crippen LogP contribution in [0.15, 0.2) is 66.7 Å². The van der Waals surface area contributed by atoms with E-state index in [0.717, 1.165) is 10.9 Å². The van der Waals surface area contributed by atoms with Crippen LogP contribution in [0.5, 0.6) is 11.5 Å². The molecule has 1 unspecified atom stereocenters. The van der Waals surface area contributed by atoms with Gasteiger partial charge in [-0.15, -0.1) is 0 Å². The molecule has 5 atom stereocenters. The molecule has 3 fully saturated rings. The molecule has 13 heteroatoms. The van der Waals surface area contributed by atoms with Gasteiger partial charge in [-0.05, 0) is 44.2 Å². The van der Waals surface area contributed by atoms with Crippen LogP contribution in [0.4, 0.5) is 0 Å². The van der Waals surface area contributed by atoms with Crippen molar-refractivity contribution >= 4 is 38.6 Å². The van der Waals surface area contributed by atoms with Crippen molar-refractivity contribution in [2.24, 2.45) is 11.7 Å². The molecule has 0 spiro atoms. The molecular formula is C34H37N5O7S. The average Bonchev–Trinajstić information content (AvgIpc) is 3.99. The number of allylic oxidation sites excluding steroid dienone is 1. The third kappa shape index (κ3) is 6.05. The number of fused-ring (bicyclic) bond motifs is 3. The summed E-state index contributed by atoms with van der Waals surface area (Å²) in [7, 11) is -2.24. The van der Waals surface area contributed by atoms with Crippen LogP contribution in [0, 0.1) is 5.92 Å². The molecule has 3 heterocycles. The first-order valence-electron chi connectivity index (χ1n) is 15.9. The molecule has 47 heavy (non-hydrogen) atoms. The van der Waals surface area contributed by atoms with Gasteiger partial charge in [0.2, 0.25) is 21.8 Å². The highest BCUT2D eigenvalue weighted by Crippen LogP contribution is 2.46. The van der Waals surface area contributed by atoms with Crippen LogP contribution in [-0.4, -0.2) is 78.7 Å². The lowest BCUT2D eigenvalue weighted by molar-refractivity contribution is -0.140. The fourth-order valence-corrected chi connectivity index (χ4v) is 7.92. The molecule has 4 aliphatic rings. The van der Waals surface area contributed by atoms with Crippen LogP contribution in [0.25, 0.3) is 22.2 Å². The zero-order valence-electron chi connectivity index (χ0n) is 25.9. The van der Waals surface area contributed by atoms with Crippen molar-refractivity contribution in [3.63, 3.8) is 0 Å². The van der Waals surface area contributed by atoms with Gasteiger partial charge in [0.15, 0.2) is 0 Å². The Bertz CT molecular complexity index is 1880. The largest absolute Gasteiger partial charge is 0.497 e. The zero-order chi connectivity index (χ0) is 32.9. The first-order chi connectivity index (χ1) is 22.6. The highest BCUT2D eigenvalue weighted by atomic mass is 32.2. The van der Waals surface area contributed by atoms with E-state index in [1.54, 1.807) is 13.2 Å². The molecule has 12 nitrogen and oxygen atoms in total. The number of carbonyl (C=O) groups excluding carboxylic acids is 3. The van der Waals surface area contributed by atoms with E-state index >= 15 is 0 Å². The van der Waals surface area contributed by atoms with Gasteiger partial charge >= 0.3 is 0 Å². The Morgan fingerprint density at radius 2 is 1.89 bits per heavy atom. The van der Waals surface area contributed by atoms with Crippen LogP contribution in [0.2, 0.25) is 0 Å². The number of nitrogens with two attached hydrogens (primary N) is 1. The van der Waals surface area contributed by atoms with E-state index in [1.165, 1.54) is 4.90 Å². The summed E-state index contributed by atoms with van der Waals surface area (Å²) < 4.78 is 39.5. The minimum atomic E-state index is -3.83. The van der Waals surface area contributed by atoms with Crippen LogP contribution in [0.1, 0.15) is 38.5 Å². The number of pyridine rings is 1. The lowest BCUT2D eigenvalue weighted by atomic mass is 10.1. The minimum Gasteiger partial charge on any atom is -0.497 e. The second-order valence-corrected chi connectivity index (χ2v) is 14.8. The maximum atomic E-state index is 14.0. The number of nitrogens with one attached hydrogen (secondary N) is 2. The van der Waals surface area contributed by atoms with Crippen LogP contribution >= 0.6 is 0 Å². The predicted molar refractivity (Wildman–Crippen MR) is 174 cm³/mol. The smallest absolute Gasteiger partial charge is 0.259 e. The van der Waals surface area contributed by atoms with Crippen molar-refractivity contribution in [2.45, 2.75) is 67.5 Å². The first-order valence-corrected chi connectivity index (χ1v) is 17.4. The molecule has 3 aromatic rings. The number of hydrogen-bond acceptors (Lipinski definition) is 9. The van der Waals surface area contributed by atoms with Gasteiger partial charge in [0.1, 0.15) is 29.2 Å². The molecule has 2 aliphatic heterocycles. The molecular weight excluding hydrogens is 622 g/mol. The van der Waals surface area contributed by atoms with E-state index in [1.807, 2.05) is 60.7 Å². The predicted octanol–water partition coefficient (Wildman–Crippen LogP) is 2.42. The number of aromatic nitrogens is 1. The van der Waals surface area contributed by atoms with Gasteiger partial charge in [0.05, 0.1) is 36.2 Å². The minimum absolute atomic E-state index is 0.0970. The molecule has 0 radical (unpaired) electrons. The van der Waals surface area contributed by atoms with Crippen LogP contribution in [0.3, 0.4) is 0 Å². The van der Waals surface area contributed by atoms with Gasteiger partial charge < -0.3 is 25.4 Å². The number of sulfonamides is 1. The van der Waals surface area contributed by atoms with Crippen molar-refractivity contribution in [2.75, 3.05) is 13.7 Å². The summed E-state index contributed by atoms with van der Waals surface area (Å²) in [6, 6.07) is 15.2. The molecule has 7 rings (SSSR count). The topological polar surface area (TPSA) is 170 Å². The second-order valence-electron chi connectivity index (χ2n) is 12.8. The summed E-state index contributed by atoms with van der Waals surface area (Å²) in [4.78, 5) is 47.3. The van der Waals surface area contributed by atoms with Gasteiger partial charge in [0.25, 0.3) is 5.91 Å². The standard InChI is InChI=1S/C34H37N5O7S/c1-45-22-11-14-25-28(15-22)36-27(20-7-3-2-4-8-20)17-30(25)46-23-16-29-31(40)37-34(33(42)38-47(43,44)24-12-13-24)18-21(34)9-5-6-10-26(35)32(41)39(29)19-23/h2-5,7-9,11,14-15,17,21,23-24,26,29H,6,10,12-13,16,18-19,35H2,1H3,(H,37,40)(H,38,42)/b9-5+/t21?,23-,26+,29+,34-/m1/s1. The molecule has 1 saturated heterocycles. The van der Waals surface area contributed by atoms with Gasteiger partial charge in [-0.1, -0.05) is 42.5 Å². The Kier molecular flexibility index (Phi) is 7.91. The molecule has 3 amide bonds. The fourth-order valence-electron chi connectivity index (χ4n) is 6.55. The Morgan fingerprint density at radius 1 is 1.11 bits per heavy atom. The Balaban J connectivity index is 1.19. The third-order valence-electron chi connectivity index (χ3n) is 9.48. The van der Waals surface area contributed by atoms with Gasteiger partial charge in [-0.3, -0.25) is 19.1 Å². The van der Waals surface area contributed by atoms with Crippen LogP contribution in [-0.2, 0) is 24.4 Å². The van der Waals surface area contributed by atoms with Crippen molar-refractivity contribution in [3.05, 3.63) is 66.7 Å². The molecule has 1 aromatic heterocycles. The van der Waals surface area contributed by atoms with Crippen molar-refractivity contribution in [1.82, 2.24) is 19.9 Å². The number of ether oxygens (including phenoxy) is 2. The van der Waals surface area contributed by atoms with E-state index < -0.39 is 50.8 Å². The molecule has 246 valence electrons. The quantitative estimate of drug-likeness (QED) is 0.323. The highest BCUT2D eigenvalue weighted by Gasteiger charge is 2.62. The number of methoxy groups -OCH3 is 1. The van der Waals surface area contributed by atoms with Crippen molar-refractivity contribution in [1.29, 1.82) is 0 Å². The Morgan fingerprint density at radius 3 is 2.64 bits per heavy atom. The number of rotatable bonds is 7. The van der Waals surface area contributed by atoms with E-state index in [0.29, 0.717) is 48.4 Å². The van der Waals surface area contributed by atoms with E-state index in [-0.39, 0.29) is 31.2 Å². The van der Waals surface area contributed by atoms with E-state index in [9.17, 15) is 22.8 Å². The SMILES string of the molecule is COc1ccc2c(O[C@@H]3C[C@H]4C(=O)N[C@]5(C(=O)NS(=O)(=O)C6CC6)CC5/C=C/CC[C@H](N)C(=O)N4C3)cc(-c3ccccc3)nc2c1. The Labute approximate surface area is 272 Å². The summed E-state index contributed by atoms with van der Waals surface area (Å²) in [6.07, 6.45) is 5.28. The normalized spacial score (nSPS) is 28.3. The maximum absolute atomic E-state index is 14.0. The molecule has 4 N–H and O–H groups in total. The molecule has 2 aromatic carbocycles. The van der Waals surface area contributed by atoms with E-state index in [4.69, 9.17) is 20.2 Å². The number of nitrogens with zero attached hydrogens (tertiary/aromatic N) is 2. The number of hydrogen-bond donors (Lipinski definition) is 3. The second kappa shape index (κ2) is 11.9. The zero-order valence-corrected chi connectivity index (χ0v) is 26.7. The molecule has 2 saturated carbocycles. The highest BCUT2D eigenvalue weighted by molar-refractivity contribution is 7.91. The van der Waals surface area contributed by atoms with Crippen LogP contribution < -0.4 is 25.2 Å². The monoisotopic (exact) mass is 659 g/mol. The summed E-state index contributed by atoms with van der Waals surface area (Å²) in [5.41, 5.74) is 7.12. The van der Waals surface area contributed by atoms with Gasteiger partial charge in [0, 0.05) is 35.4 Å². The summed E-state index contributed by atoms with van der Waals surface area (Å²) >= 11 is 0. The molecule has 0 bridgehead atoms. The maximum Gasteiger partial charge on any atom is 0.259 e. The first kappa shape index (κ1) is 31.1. The van der Waals surface area contributed by atoms with Gasteiger partial charge in [-0.2, -0.15) is 0 Å². The van der Waals surface area contributed by atoms with Gasteiger partial charge in [-0.25, -0.2) is 13.4 Å². The fraction of sp³-hybridized carbons (Fsp3) is 0.412. The third-order valence-corrected chi connectivity index (χ3v) is 11.3. The summed E-state index contributed by atoms with van der Waals surface area (Å²) in [5.74, 6) is -0.909. The van der Waals surface area contributed by atoms with Crippen molar-refractivity contribution in [3.8, 4) is 22.8 Å². The number of benzene rings is 2. The van der Waals surface area contributed by atoms with E-state index in [2.05, 4.69) is 10.0 Å². The number of amides is 3. The average molecular weight is 660 g/mol. The Hall–Kier alpha value is -4.49. The molecule has 2 aliphatic carbocycles. The van der Waals surface area contributed by atoms with Crippen molar-refractivity contribution < 1.29 is 32.3 Å². The number of carbonyl (C=O) groups is 3. The lowest BCUT2D eigenvalue weighted by Crippen LogP contribution is -2.57. The summed E-state index contributed by atoms with van der Waals surface area (Å²) in [5, 5.41) is 2.99. The lowest BCUT2D eigenvalue weighted by Gasteiger charge is -2.28.